The summed E-state index contributed by atoms with van der Waals surface area (Å²) < 4.78 is 68.8. The molecular formula is C85H166O17P2. The number of aliphatic hydroxyl groups is 1. The van der Waals surface area contributed by atoms with Gasteiger partial charge in [0.1, 0.15) is 19.3 Å². The Labute approximate surface area is 638 Å². The van der Waals surface area contributed by atoms with Crippen LogP contribution in [-0.2, 0) is 65.4 Å². The number of ether oxygens (including phenoxy) is 4. The van der Waals surface area contributed by atoms with Crippen molar-refractivity contribution in [3.8, 4) is 0 Å². The van der Waals surface area contributed by atoms with E-state index in [-0.39, 0.29) is 25.7 Å². The summed E-state index contributed by atoms with van der Waals surface area (Å²) in [6.07, 6.45) is 65.3. The van der Waals surface area contributed by atoms with E-state index in [0.717, 1.165) is 114 Å². The van der Waals surface area contributed by atoms with Crippen molar-refractivity contribution >= 4 is 39.5 Å². The van der Waals surface area contributed by atoms with Gasteiger partial charge in [-0.05, 0) is 43.4 Å². The molecular weight excluding hydrogens is 1350 g/mol. The van der Waals surface area contributed by atoms with Gasteiger partial charge < -0.3 is 33.8 Å². The summed E-state index contributed by atoms with van der Waals surface area (Å²) in [6.45, 7) is 12.1. The molecule has 0 spiro atoms. The number of esters is 4. The molecule has 0 fully saturated rings. The topological polar surface area (TPSA) is 237 Å². The lowest BCUT2D eigenvalue weighted by Gasteiger charge is -2.21. The zero-order valence-corrected chi connectivity index (χ0v) is 70.3. The van der Waals surface area contributed by atoms with E-state index in [4.69, 9.17) is 37.0 Å². The van der Waals surface area contributed by atoms with Gasteiger partial charge in [0.25, 0.3) is 0 Å². The van der Waals surface area contributed by atoms with Gasteiger partial charge in [-0.25, -0.2) is 9.13 Å². The van der Waals surface area contributed by atoms with Crippen molar-refractivity contribution < 1.29 is 80.2 Å². The van der Waals surface area contributed by atoms with E-state index < -0.39 is 97.5 Å². The number of phosphoric acid groups is 2. The molecule has 0 aliphatic heterocycles. The first-order chi connectivity index (χ1) is 50.3. The monoisotopic (exact) mass is 1520 g/mol. The minimum atomic E-state index is -4.96. The molecule has 0 aliphatic carbocycles. The fourth-order valence-corrected chi connectivity index (χ4v) is 14.7. The fraction of sp³-hybridized carbons (Fsp3) is 0.953. The molecule has 0 aromatic rings. The minimum Gasteiger partial charge on any atom is -0.462 e. The lowest BCUT2D eigenvalue weighted by molar-refractivity contribution is -0.161. The van der Waals surface area contributed by atoms with Crippen molar-refractivity contribution in [3.05, 3.63) is 0 Å². The van der Waals surface area contributed by atoms with Crippen LogP contribution < -0.4 is 0 Å². The summed E-state index contributed by atoms with van der Waals surface area (Å²) in [5.74, 6) is 0.357. The Morgan fingerprint density at radius 1 is 0.279 bits per heavy atom. The van der Waals surface area contributed by atoms with Crippen LogP contribution in [0.3, 0.4) is 0 Å². The predicted octanol–water partition coefficient (Wildman–Crippen LogP) is 25.7. The van der Waals surface area contributed by atoms with Gasteiger partial charge in [0.05, 0.1) is 26.4 Å². The number of carbonyl (C=O) groups is 4. The molecule has 0 aromatic heterocycles. The zero-order chi connectivity index (χ0) is 76.5. The average Bonchev–Trinajstić information content (AvgIpc) is 0.914. The predicted molar refractivity (Wildman–Crippen MR) is 428 cm³/mol. The molecule has 0 bridgehead atoms. The first-order valence-electron chi connectivity index (χ1n) is 43.9. The van der Waals surface area contributed by atoms with Crippen LogP contribution in [0.5, 0.6) is 0 Å². The summed E-state index contributed by atoms with van der Waals surface area (Å²) >= 11 is 0. The van der Waals surface area contributed by atoms with Crippen molar-refractivity contribution in [2.75, 3.05) is 39.6 Å². The van der Waals surface area contributed by atoms with E-state index in [1.165, 1.54) is 250 Å². The Morgan fingerprint density at radius 2 is 0.490 bits per heavy atom. The second kappa shape index (κ2) is 75.1. The van der Waals surface area contributed by atoms with Gasteiger partial charge >= 0.3 is 39.5 Å². The van der Waals surface area contributed by atoms with Crippen LogP contribution >= 0.6 is 15.6 Å². The van der Waals surface area contributed by atoms with Crippen molar-refractivity contribution in [3.63, 3.8) is 0 Å². The van der Waals surface area contributed by atoms with E-state index in [9.17, 15) is 43.2 Å². The fourth-order valence-electron chi connectivity index (χ4n) is 13.2. The number of carbonyl (C=O) groups excluding carboxylic acids is 4. The highest BCUT2D eigenvalue weighted by atomic mass is 31.2. The molecule has 0 radical (unpaired) electrons. The van der Waals surface area contributed by atoms with Crippen LogP contribution in [0.1, 0.15) is 447 Å². The summed E-state index contributed by atoms with van der Waals surface area (Å²) in [5.41, 5.74) is 0. The van der Waals surface area contributed by atoms with E-state index in [2.05, 4.69) is 48.5 Å². The van der Waals surface area contributed by atoms with Crippen molar-refractivity contribution in [1.82, 2.24) is 0 Å². The highest BCUT2D eigenvalue weighted by Gasteiger charge is 2.30. The molecule has 0 amide bonds. The lowest BCUT2D eigenvalue weighted by Crippen LogP contribution is -2.30. The SMILES string of the molecule is CCCCCCCCCCC(=O)OC[C@H](COP(=O)(O)OC[C@H](O)COP(=O)(O)OC[C@@H](COC(=O)CCCCCCCCCCCCCCCCC(C)C)OC(=O)CCCCCCCCCCCCCCCCCCCCC(C)CC)OC(=O)CCCCCCCCCCCCCCCCC(C)C. The highest BCUT2D eigenvalue weighted by molar-refractivity contribution is 7.47. The second-order valence-electron chi connectivity index (χ2n) is 31.8. The van der Waals surface area contributed by atoms with Crippen LogP contribution in [0.2, 0.25) is 0 Å². The van der Waals surface area contributed by atoms with Crippen molar-refractivity contribution in [2.24, 2.45) is 17.8 Å². The third-order valence-electron chi connectivity index (χ3n) is 20.2. The Kier molecular flexibility index (Phi) is 73.7. The summed E-state index contributed by atoms with van der Waals surface area (Å²) in [6, 6.07) is 0. The molecule has 19 heteroatoms. The largest absolute Gasteiger partial charge is 0.472 e. The van der Waals surface area contributed by atoms with Crippen LogP contribution in [0.15, 0.2) is 0 Å². The zero-order valence-electron chi connectivity index (χ0n) is 68.5. The van der Waals surface area contributed by atoms with Gasteiger partial charge in [-0.1, -0.05) is 395 Å². The van der Waals surface area contributed by atoms with Gasteiger partial charge in [0.15, 0.2) is 12.2 Å². The number of phosphoric ester groups is 2. The molecule has 17 nitrogen and oxygen atoms in total. The number of hydrogen-bond acceptors (Lipinski definition) is 15. The van der Waals surface area contributed by atoms with Crippen molar-refractivity contribution in [1.29, 1.82) is 0 Å². The minimum absolute atomic E-state index is 0.107. The summed E-state index contributed by atoms with van der Waals surface area (Å²) in [7, 11) is -9.92. The van der Waals surface area contributed by atoms with Crippen LogP contribution in [-0.4, -0.2) is 96.7 Å². The van der Waals surface area contributed by atoms with E-state index in [0.29, 0.717) is 25.7 Å². The number of hydrogen-bond donors (Lipinski definition) is 3. The maximum absolute atomic E-state index is 13.1. The van der Waals surface area contributed by atoms with Crippen LogP contribution in [0.25, 0.3) is 0 Å². The molecule has 6 atom stereocenters. The van der Waals surface area contributed by atoms with Crippen molar-refractivity contribution in [2.45, 2.75) is 465 Å². The molecule has 3 unspecified atom stereocenters. The Balaban J connectivity index is 5.19. The average molecular weight is 1520 g/mol. The number of aliphatic hydroxyl groups excluding tert-OH is 1. The maximum atomic E-state index is 13.1. The quantitative estimate of drug-likeness (QED) is 0.0222. The molecule has 618 valence electrons. The second-order valence-corrected chi connectivity index (χ2v) is 34.7. The van der Waals surface area contributed by atoms with E-state index in [1.54, 1.807) is 0 Å². The summed E-state index contributed by atoms with van der Waals surface area (Å²) in [5, 5.41) is 10.7. The molecule has 0 rings (SSSR count). The van der Waals surface area contributed by atoms with Gasteiger partial charge in [0.2, 0.25) is 0 Å². The summed E-state index contributed by atoms with van der Waals surface area (Å²) in [4.78, 5) is 73.1. The van der Waals surface area contributed by atoms with Gasteiger partial charge in [-0.2, -0.15) is 0 Å². The standard InChI is InChI=1S/C85H166O17P2/c1-8-10-11-12-13-45-52-59-66-82(87)95-72-80(101-84(89)69-62-55-48-41-35-29-23-21-25-31-37-43-50-57-64-77(5)6)74-99-103(91,92)97-70-79(86)71-98-104(93,94)100-75-81(73-96-83(88)67-60-53-46-39-33-27-22-20-24-30-36-42-49-56-63-76(3)4)102-85(90)68-61-54-47-40-34-28-19-17-15-14-16-18-26-32-38-44-51-58-65-78(7)9-2/h76-81,86H,8-75H2,1-7H3,(H,91,92)(H,93,94)/t78?,79-,80+,81+/m0/s1. The number of rotatable bonds is 83. The molecule has 3 N–H and O–H groups in total. The third kappa shape index (κ3) is 76.8. The Morgan fingerprint density at radius 3 is 0.731 bits per heavy atom. The first-order valence-corrected chi connectivity index (χ1v) is 46.9. The Hall–Kier alpha value is -1.94. The molecule has 104 heavy (non-hydrogen) atoms. The van der Waals surface area contributed by atoms with E-state index in [1.807, 2.05) is 0 Å². The lowest BCUT2D eigenvalue weighted by atomic mass is 9.99. The van der Waals surface area contributed by atoms with Gasteiger partial charge in [-0.3, -0.25) is 37.3 Å². The normalized spacial score (nSPS) is 14.2. The van der Waals surface area contributed by atoms with Crippen LogP contribution in [0, 0.1) is 17.8 Å². The molecule has 0 saturated carbocycles. The van der Waals surface area contributed by atoms with Gasteiger partial charge in [0, 0.05) is 25.7 Å². The smallest absolute Gasteiger partial charge is 0.462 e. The maximum Gasteiger partial charge on any atom is 0.472 e. The molecule has 0 saturated heterocycles. The third-order valence-corrected chi connectivity index (χ3v) is 22.1. The number of unbranched alkanes of at least 4 members (excludes halogenated alkanes) is 50. The van der Waals surface area contributed by atoms with E-state index >= 15 is 0 Å². The Bertz CT molecular complexity index is 2010. The van der Waals surface area contributed by atoms with Gasteiger partial charge in [-0.15, -0.1) is 0 Å². The molecule has 0 aromatic carbocycles. The highest BCUT2D eigenvalue weighted by Crippen LogP contribution is 2.45. The van der Waals surface area contributed by atoms with Crippen LogP contribution in [0.4, 0.5) is 0 Å². The first kappa shape index (κ1) is 102. The molecule has 0 heterocycles. The molecule has 0 aliphatic rings.